The number of sulfonamides is 1. The van der Waals surface area contributed by atoms with Gasteiger partial charge in [0.2, 0.25) is 16.0 Å². The Labute approximate surface area is 237 Å². The summed E-state index contributed by atoms with van der Waals surface area (Å²) in [7, 11) is -3.61. The number of nitrogens with zero attached hydrogens (tertiary/aromatic N) is 4. The molecule has 1 fully saturated rings. The number of fused-ring (bicyclic) bond motifs is 1. The van der Waals surface area contributed by atoms with Crippen LogP contribution in [0.15, 0.2) is 102 Å². The molecule has 13 heteroatoms. The quantitative estimate of drug-likeness (QED) is 0.298. The van der Waals surface area contributed by atoms with Crippen molar-refractivity contribution in [3.8, 4) is 0 Å². The molecule has 0 bridgehead atoms. The van der Waals surface area contributed by atoms with Crippen LogP contribution in [0.5, 0.6) is 0 Å². The first-order valence-corrected chi connectivity index (χ1v) is 14.6. The van der Waals surface area contributed by atoms with Gasteiger partial charge in [-0.1, -0.05) is 0 Å². The molecule has 1 aromatic heterocycles. The largest absolute Gasteiger partial charge is 0.340 e. The van der Waals surface area contributed by atoms with Crippen LogP contribution >= 0.6 is 0 Å². The zero-order valence-electron chi connectivity index (χ0n) is 22.0. The van der Waals surface area contributed by atoms with Crippen molar-refractivity contribution in [1.29, 1.82) is 0 Å². The van der Waals surface area contributed by atoms with Gasteiger partial charge in [0.05, 0.1) is 16.8 Å². The standard InChI is InChI=1S/C28H29FN8O3S/c29-21-1-3-23(4-2-21)33-27-9-13-30-28(35-27)34-24-5-7-26(8-6-24)41(38,39)36-14-11-22(12-15-36)31-18-20-10-16-37-25(17-20)19-32-40-37/h1-10,13,16-17,19,22,31-32H,11-12,14-15,18H2,(H2,30,33,34,35). The van der Waals surface area contributed by atoms with Crippen LogP contribution in [0.4, 0.5) is 27.5 Å². The molecule has 0 atom stereocenters. The number of hydrogen-bond acceptors (Lipinski definition) is 10. The fourth-order valence-electron chi connectivity index (χ4n) is 4.71. The molecule has 0 spiro atoms. The van der Waals surface area contributed by atoms with E-state index in [-0.39, 0.29) is 16.8 Å². The molecule has 3 aliphatic rings. The maximum absolute atomic E-state index is 13.3. The summed E-state index contributed by atoms with van der Waals surface area (Å²) in [6.07, 6.45) is 10.7. The van der Waals surface area contributed by atoms with Crippen molar-refractivity contribution in [2.75, 3.05) is 30.3 Å². The Morgan fingerprint density at radius 2 is 1.73 bits per heavy atom. The first kappa shape index (κ1) is 26.9. The zero-order valence-corrected chi connectivity index (χ0v) is 22.8. The van der Waals surface area contributed by atoms with E-state index in [1.807, 2.05) is 18.4 Å². The van der Waals surface area contributed by atoms with E-state index in [2.05, 4.69) is 31.4 Å². The Morgan fingerprint density at radius 3 is 2.51 bits per heavy atom. The predicted octanol–water partition coefficient (Wildman–Crippen LogP) is 3.89. The van der Waals surface area contributed by atoms with Gasteiger partial charge in [0.15, 0.2) is 0 Å². The van der Waals surface area contributed by atoms with Crippen LogP contribution in [0.25, 0.3) is 0 Å². The van der Waals surface area contributed by atoms with Crippen molar-refractivity contribution in [1.82, 2.24) is 30.1 Å². The SMILES string of the molecule is O=S(=O)(c1ccc(Nc2nccc(Nc3ccc(F)cc3)n2)cc1)N1CCC(NCC2=CC3=CNON3C=C2)CC1. The summed E-state index contributed by atoms with van der Waals surface area (Å²) in [5, 5.41) is 11.4. The van der Waals surface area contributed by atoms with Crippen molar-refractivity contribution >= 4 is 33.2 Å². The van der Waals surface area contributed by atoms with Crippen LogP contribution in [0.3, 0.4) is 0 Å². The maximum atomic E-state index is 13.3. The second-order valence-corrected chi connectivity index (χ2v) is 11.7. The lowest BCUT2D eigenvalue weighted by Crippen LogP contribution is -2.45. The molecular weight excluding hydrogens is 547 g/mol. The maximum Gasteiger partial charge on any atom is 0.243 e. The third-order valence-corrected chi connectivity index (χ3v) is 8.85. The summed E-state index contributed by atoms with van der Waals surface area (Å²) in [5.74, 6) is 0.550. The van der Waals surface area contributed by atoms with Gasteiger partial charge >= 0.3 is 0 Å². The predicted molar refractivity (Wildman–Crippen MR) is 153 cm³/mol. The minimum atomic E-state index is -3.61. The van der Waals surface area contributed by atoms with E-state index >= 15 is 0 Å². The molecule has 4 N–H and O–H groups in total. The van der Waals surface area contributed by atoms with E-state index in [0.29, 0.717) is 42.8 Å². The zero-order chi connectivity index (χ0) is 28.2. The van der Waals surface area contributed by atoms with Crippen molar-refractivity contribution < 1.29 is 17.7 Å². The molecule has 0 saturated carbocycles. The monoisotopic (exact) mass is 576 g/mol. The first-order chi connectivity index (χ1) is 19.9. The number of allylic oxidation sites excluding steroid dienone is 1. The highest BCUT2D eigenvalue weighted by atomic mass is 32.2. The third kappa shape index (κ3) is 6.38. The number of anilines is 4. The molecule has 4 heterocycles. The average Bonchev–Trinajstić information content (AvgIpc) is 3.46. The van der Waals surface area contributed by atoms with Gasteiger partial charge in [0.1, 0.15) is 11.6 Å². The Morgan fingerprint density at radius 1 is 1.00 bits per heavy atom. The van der Waals surface area contributed by atoms with Gasteiger partial charge in [-0.15, -0.1) is 0 Å². The molecule has 0 aliphatic carbocycles. The number of aromatic nitrogens is 2. The van der Waals surface area contributed by atoms with Gasteiger partial charge in [0, 0.05) is 49.4 Å². The van der Waals surface area contributed by atoms with Gasteiger partial charge in [-0.3, -0.25) is 0 Å². The molecule has 2 aromatic carbocycles. The fourth-order valence-corrected chi connectivity index (χ4v) is 6.18. The van der Waals surface area contributed by atoms with E-state index in [1.54, 1.807) is 64.2 Å². The molecule has 41 heavy (non-hydrogen) atoms. The Balaban J connectivity index is 1.01. The fraction of sp³-hybridized carbons (Fsp3) is 0.214. The van der Waals surface area contributed by atoms with E-state index in [0.717, 1.165) is 24.1 Å². The molecule has 212 valence electrons. The summed E-state index contributed by atoms with van der Waals surface area (Å²) in [6.45, 7) is 1.60. The summed E-state index contributed by atoms with van der Waals surface area (Å²) in [4.78, 5) is 14.1. The van der Waals surface area contributed by atoms with Crippen molar-refractivity contribution in [2.45, 2.75) is 23.8 Å². The summed E-state index contributed by atoms with van der Waals surface area (Å²) < 4.78 is 41.3. The summed E-state index contributed by atoms with van der Waals surface area (Å²) in [5.41, 5.74) is 6.12. The molecule has 0 amide bonds. The highest BCUT2D eigenvalue weighted by molar-refractivity contribution is 7.89. The molecule has 3 aromatic rings. The summed E-state index contributed by atoms with van der Waals surface area (Å²) >= 11 is 0. The van der Waals surface area contributed by atoms with E-state index < -0.39 is 10.0 Å². The van der Waals surface area contributed by atoms with Crippen LogP contribution in [0, 0.1) is 5.82 Å². The minimum absolute atomic E-state index is 0.237. The number of halogens is 1. The molecule has 0 unspecified atom stereocenters. The van der Waals surface area contributed by atoms with Gasteiger partial charge in [0.25, 0.3) is 0 Å². The second-order valence-electron chi connectivity index (χ2n) is 9.75. The number of nitrogens with one attached hydrogen (secondary N) is 4. The lowest BCUT2D eigenvalue weighted by molar-refractivity contribution is -0.112. The third-order valence-electron chi connectivity index (χ3n) is 6.94. The second kappa shape index (κ2) is 11.7. The van der Waals surface area contributed by atoms with Gasteiger partial charge < -0.3 is 16.0 Å². The van der Waals surface area contributed by atoms with Crippen molar-refractivity contribution in [3.63, 3.8) is 0 Å². The highest BCUT2D eigenvalue weighted by Gasteiger charge is 2.29. The number of piperidine rings is 1. The topological polar surface area (TPSA) is 124 Å². The number of hydrogen-bond donors (Lipinski definition) is 4. The Kier molecular flexibility index (Phi) is 7.65. The molecular formula is C28H29FN8O3S. The number of benzene rings is 2. The van der Waals surface area contributed by atoms with Crippen LogP contribution < -0.4 is 21.4 Å². The van der Waals surface area contributed by atoms with E-state index in [9.17, 15) is 12.8 Å². The molecule has 3 aliphatic heterocycles. The van der Waals surface area contributed by atoms with Crippen molar-refractivity contribution in [2.24, 2.45) is 0 Å². The molecule has 6 rings (SSSR count). The lowest BCUT2D eigenvalue weighted by atomic mass is 10.1. The Hall–Kier alpha value is -4.30. The normalized spacial score (nSPS) is 17.4. The van der Waals surface area contributed by atoms with Gasteiger partial charge in [-0.05, 0) is 85.2 Å². The minimum Gasteiger partial charge on any atom is -0.340 e. The highest BCUT2D eigenvalue weighted by Crippen LogP contribution is 2.25. The van der Waals surface area contributed by atoms with Crippen LogP contribution in [-0.4, -0.2) is 53.4 Å². The van der Waals surface area contributed by atoms with Crippen LogP contribution in [-0.2, 0) is 15.0 Å². The summed E-state index contributed by atoms with van der Waals surface area (Å²) in [6, 6.07) is 14.4. The van der Waals surface area contributed by atoms with Crippen LogP contribution in [0.2, 0.25) is 0 Å². The molecule has 0 radical (unpaired) electrons. The Bertz CT molecular complexity index is 1590. The van der Waals surface area contributed by atoms with Gasteiger partial charge in [-0.25, -0.2) is 28.3 Å². The smallest absolute Gasteiger partial charge is 0.243 e. The van der Waals surface area contributed by atoms with Crippen molar-refractivity contribution in [3.05, 3.63) is 102 Å². The number of rotatable bonds is 9. The molecule has 11 nitrogen and oxygen atoms in total. The first-order valence-electron chi connectivity index (χ1n) is 13.2. The lowest BCUT2D eigenvalue weighted by Gasteiger charge is -2.32. The average molecular weight is 577 g/mol. The van der Waals surface area contributed by atoms with Crippen LogP contribution in [0.1, 0.15) is 12.8 Å². The van der Waals surface area contributed by atoms with Gasteiger partial charge in [-0.2, -0.15) is 14.2 Å². The van der Waals surface area contributed by atoms with E-state index in [1.165, 1.54) is 12.1 Å². The number of hydroxylamine groups is 3. The van der Waals surface area contributed by atoms with E-state index in [4.69, 9.17) is 4.94 Å². The molecule has 1 saturated heterocycles.